The lowest BCUT2D eigenvalue weighted by Crippen LogP contribution is -2.40. The zero-order valence-corrected chi connectivity index (χ0v) is 9.47. The van der Waals surface area contributed by atoms with E-state index < -0.39 is 0 Å². The molecule has 0 aromatic heterocycles. The molecule has 1 fully saturated rings. The van der Waals surface area contributed by atoms with Gasteiger partial charge in [-0.1, -0.05) is 6.92 Å². The second-order valence-corrected chi connectivity index (χ2v) is 4.14. The fourth-order valence-corrected chi connectivity index (χ4v) is 2.03. The Labute approximate surface area is 87.2 Å². The van der Waals surface area contributed by atoms with Crippen molar-refractivity contribution in [2.45, 2.75) is 26.2 Å². The number of nitrogens with one attached hydrogen (secondary N) is 1. The first-order valence-corrected chi connectivity index (χ1v) is 5.60. The topological polar surface area (TPSA) is 30.5 Å². The Morgan fingerprint density at radius 3 is 2.64 bits per heavy atom. The van der Waals surface area contributed by atoms with E-state index in [1.807, 2.05) is 0 Å². The first kappa shape index (κ1) is 12.0. The van der Waals surface area contributed by atoms with Crippen LogP contribution >= 0.6 is 0 Å². The van der Waals surface area contributed by atoms with Crippen molar-refractivity contribution in [2.24, 2.45) is 5.41 Å². The lowest BCUT2D eigenvalue weighted by atomic mass is 9.77. The fourth-order valence-electron chi connectivity index (χ4n) is 2.03. The zero-order chi connectivity index (χ0) is 10.3. The average Bonchev–Trinajstić information content (AvgIpc) is 2.25. The summed E-state index contributed by atoms with van der Waals surface area (Å²) in [6.07, 6.45) is 3.49. The third-order valence-electron chi connectivity index (χ3n) is 3.14. The lowest BCUT2D eigenvalue weighted by Gasteiger charge is -2.37. The molecule has 1 aliphatic rings. The molecule has 1 aliphatic heterocycles. The van der Waals surface area contributed by atoms with Crippen molar-refractivity contribution in [3.63, 3.8) is 0 Å². The van der Waals surface area contributed by atoms with Crippen LogP contribution in [0, 0.1) is 5.41 Å². The van der Waals surface area contributed by atoms with E-state index >= 15 is 0 Å². The highest BCUT2D eigenvalue weighted by Gasteiger charge is 2.31. The minimum Gasteiger partial charge on any atom is -0.385 e. The van der Waals surface area contributed by atoms with Crippen LogP contribution in [0.2, 0.25) is 0 Å². The number of hydrogen-bond donors (Lipinski definition) is 1. The summed E-state index contributed by atoms with van der Waals surface area (Å²) in [5.41, 5.74) is 0.421. The maximum absolute atomic E-state index is 5.42. The van der Waals surface area contributed by atoms with Gasteiger partial charge in [0.1, 0.15) is 0 Å². The first-order chi connectivity index (χ1) is 6.83. The van der Waals surface area contributed by atoms with E-state index in [1.165, 1.54) is 12.8 Å². The third kappa shape index (κ3) is 3.56. The molecule has 3 nitrogen and oxygen atoms in total. The molecule has 0 unspecified atom stereocenters. The number of rotatable bonds is 6. The summed E-state index contributed by atoms with van der Waals surface area (Å²) >= 11 is 0. The summed E-state index contributed by atoms with van der Waals surface area (Å²) in [7, 11) is 1.78. The molecule has 0 bridgehead atoms. The second kappa shape index (κ2) is 6.38. The normalized spacial score (nSPS) is 21.0. The van der Waals surface area contributed by atoms with Gasteiger partial charge in [0.2, 0.25) is 0 Å². The Bertz CT molecular complexity index is 134. The fraction of sp³-hybridized carbons (Fsp3) is 1.00. The largest absolute Gasteiger partial charge is 0.385 e. The van der Waals surface area contributed by atoms with E-state index in [0.717, 1.165) is 39.3 Å². The molecule has 0 saturated carbocycles. The number of methoxy groups -OCH3 is 1. The molecule has 0 amide bonds. The molecule has 0 spiro atoms. The monoisotopic (exact) mass is 201 g/mol. The molecular weight excluding hydrogens is 178 g/mol. The molecule has 0 radical (unpaired) electrons. The van der Waals surface area contributed by atoms with Gasteiger partial charge < -0.3 is 14.8 Å². The Morgan fingerprint density at radius 1 is 1.36 bits per heavy atom. The third-order valence-corrected chi connectivity index (χ3v) is 3.14. The molecule has 3 heteroatoms. The number of ether oxygens (including phenoxy) is 2. The summed E-state index contributed by atoms with van der Waals surface area (Å²) in [5, 5.41) is 3.46. The van der Waals surface area contributed by atoms with Crippen LogP contribution in [0.5, 0.6) is 0 Å². The molecule has 14 heavy (non-hydrogen) atoms. The average molecular weight is 201 g/mol. The van der Waals surface area contributed by atoms with Gasteiger partial charge in [0.25, 0.3) is 0 Å². The highest BCUT2D eigenvalue weighted by molar-refractivity contribution is 4.83. The second-order valence-electron chi connectivity index (χ2n) is 4.14. The molecule has 0 aromatic carbocycles. The highest BCUT2D eigenvalue weighted by atomic mass is 16.5. The summed E-state index contributed by atoms with van der Waals surface area (Å²) in [6, 6.07) is 0. The van der Waals surface area contributed by atoms with Gasteiger partial charge >= 0.3 is 0 Å². The van der Waals surface area contributed by atoms with Gasteiger partial charge in [-0.15, -0.1) is 0 Å². The Hall–Kier alpha value is -0.120. The van der Waals surface area contributed by atoms with Crippen molar-refractivity contribution < 1.29 is 9.47 Å². The van der Waals surface area contributed by atoms with Gasteiger partial charge in [0, 0.05) is 33.5 Å². The van der Waals surface area contributed by atoms with E-state index in [2.05, 4.69) is 12.2 Å². The lowest BCUT2D eigenvalue weighted by molar-refractivity contribution is -0.00108. The van der Waals surface area contributed by atoms with Gasteiger partial charge in [0.05, 0.1) is 0 Å². The first-order valence-electron chi connectivity index (χ1n) is 5.60. The summed E-state index contributed by atoms with van der Waals surface area (Å²) in [4.78, 5) is 0. The molecule has 0 aromatic rings. The van der Waals surface area contributed by atoms with Crippen molar-refractivity contribution in [1.29, 1.82) is 0 Å². The molecule has 1 N–H and O–H groups in total. The van der Waals surface area contributed by atoms with Gasteiger partial charge in [-0.05, 0) is 31.2 Å². The van der Waals surface area contributed by atoms with Crippen LogP contribution in [-0.4, -0.2) is 40.0 Å². The Morgan fingerprint density at radius 2 is 2.07 bits per heavy atom. The molecular formula is C11H23NO2. The van der Waals surface area contributed by atoms with Crippen LogP contribution in [0.1, 0.15) is 26.2 Å². The minimum atomic E-state index is 0.421. The van der Waals surface area contributed by atoms with Crippen LogP contribution in [0.4, 0.5) is 0 Å². The van der Waals surface area contributed by atoms with E-state index in [4.69, 9.17) is 9.47 Å². The Kier molecular flexibility index (Phi) is 5.45. The van der Waals surface area contributed by atoms with Crippen molar-refractivity contribution >= 4 is 0 Å². The standard InChI is InChI=1S/C11H23NO2/c1-3-12-10-11(4-7-13-2)5-8-14-9-6-11/h12H,3-10H2,1-2H3. The molecule has 1 heterocycles. The van der Waals surface area contributed by atoms with Gasteiger partial charge in [0.15, 0.2) is 0 Å². The van der Waals surface area contributed by atoms with Crippen LogP contribution in [-0.2, 0) is 9.47 Å². The number of hydrogen-bond acceptors (Lipinski definition) is 3. The predicted molar refractivity (Wildman–Crippen MR) is 57.5 cm³/mol. The smallest absolute Gasteiger partial charge is 0.0471 e. The maximum atomic E-state index is 5.42. The summed E-state index contributed by atoms with van der Waals surface area (Å²) < 4.78 is 10.6. The van der Waals surface area contributed by atoms with E-state index in [0.29, 0.717) is 5.41 Å². The van der Waals surface area contributed by atoms with Crippen LogP contribution in [0.3, 0.4) is 0 Å². The van der Waals surface area contributed by atoms with Crippen molar-refractivity contribution in [2.75, 3.05) is 40.0 Å². The summed E-state index contributed by atoms with van der Waals surface area (Å²) in [5.74, 6) is 0. The summed E-state index contributed by atoms with van der Waals surface area (Å²) in [6.45, 7) is 7.00. The maximum Gasteiger partial charge on any atom is 0.0471 e. The van der Waals surface area contributed by atoms with Gasteiger partial charge in [-0.25, -0.2) is 0 Å². The van der Waals surface area contributed by atoms with E-state index in [-0.39, 0.29) is 0 Å². The predicted octanol–water partition coefficient (Wildman–Crippen LogP) is 1.43. The Balaban J connectivity index is 2.39. The van der Waals surface area contributed by atoms with Gasteiger partial charge in [-0.3, -0.25) is 0 Å². The molecule has 0 atom stereocenters. The van der Waals surface area contributed by atoms with Gasteiger partial charge in [-0.2, -0.15) is 0 Å². The van der Waals surface area contributed by atoms with Crippen molar-refractivity contribution in [3.8, 4) is 0 Å². The highest BCUT2D eigenvalue weighted by Crippen LogP contribution is 2.33. The molecule has 1 rings (SSSR count). The van der Waals surface area contributed by atoms with Crippen molar-refractivity contribution in [1.82, 2.24) is 5.32 Å². The van der Waals surface area contributed by atoms with Crippen molar-refractivity contribution in [3.05, 3.63) is 0 Å². The SMILES string of the molecule is CCNCC1(CCOC)CCOCC1. The van der Waals surface area contributed by atoms with Crippen LogP contribution < -0.4 is 5.32 Å². The van der Waals surface area contributed by atoms with E-state index in [1.54, 1.807) is 7.11 Å². The minimum absolute atomic E-state index is 0.421. The van der Waals surface area contributed by atoms with Crippen LogP contribution in [0.25, 0.3) is 0 Å². The zero-order valence-electron chi connectivity index (χ0n) is 9.47. The molecule has 1 saturated heterocycles. The quantitative estimate of drug-likeness (QED) is 0.705. The van der Waals surface area contributed by atoms with E-state index in [9.17, 15) is 0 Å². The van der Waals surface area contributed by atoms with Crippen LogP contribution in [0.15, 0.2) is 0 Å². The molecule has 84 valence electrons. The molecule has 0 aliphatic carbocycles.